The third-order valence-electron chi connectivity index (χ3n) is 6.21. The maximum absolute atomic E-state index is 13.4. The molecule has 12 heteroatoms. The Labute approximate surface area is 219 Å². The molecule has 4 N–H and O–H groups in total. The number of hydrogen-bond donors (Lipinski definition) is 4. The van der Waals surface area contributed by atoms with Gasteiger partial charge in [0, 0.05) is 31.5 Å². The van der Waals surface area contributed by atoms with Crippen LogP contribution in [0.4, 0.5) is 5.82 Å². The van der Waals surface area contributed by atoms with Gasteiger partial charge in [0.15, 0.2) is 11.7 Å². The van der Waals surface area contributed by atoms with Crippen LogP contribution in [0.25, 0.3) is 0 Å². The minimum Gasteiger partial charge on any atom is -0.495 e. The number of amides is 1. The van der Waals surface area contributed by atoms with Gasteiger partial charge in [-0.25, -0.2) is 0 Å². The second kappa shape index (κ2) is 12.3. The quantitative estimate of drug-likeness (QED) is 0.294. The summed E-state index contributed by atoms with van der Waals surface area (Å²) in [5.41, 5.74) is 0. The Morgan fingerprint density at radius 1 is 1.30 bits per heavy atom. The molecule has 4 rings (SSSR count). The van der Waals surface area contributed by atoms with Gasteiger partial charge in [-0.3, -0.25) is 9.48 Å². The zero-order chi connectivity index (χ0) is 26.4. The Morgan fingerprint density at radius 3 is 2.78 bits per heavy atom. The Bertz CT molecular complexity index is 1190. The van der Waals surface area contributed by atoms with Gasteiger partial charge in [-0.15, -0.1) is 0 Å². The topological polar surface area (TPSA) is 140 Å². The van der Waals surface area contributed by atoms with Gasteiger partial charge < -0.3 is 39.4 Å². The van der Waals surface area contributed by atoms with Crippen molar-refractivity contribution in [2.24, 2.45) is 5.92 Å². The molecule has 1 aromatic carbocycles. The van der Waals surface area contributed by atoms with Gasteiger partial charge in [-0.2, -0.15) is 5.10 Å². The number of rotatable bonds is 11. The molecule has 1 aliphatic heterocycles. The lowest BCUT2D eigenvalue weighted by Crippen LogP contribution is -2.29. The average Bonchev–Trinajstić information content (AvgIpc) is 3.49. The highest BCUT2D eigenvalue weighted by Gasteiger charge is 2.29. The number of aromatic hydroxyl groups is 1. The van der Waals surface area contributed by atoms with E-state index in [1.807, 2.05) is 0 Å². The molecule has 1 saturated heterocycles. The summed E-state index contributed by atoms with van der Waals surface area (Å²) in [6.07, 6.45) is 4.28. The van der Waals surface area contributed by atoms with Crippen molar-refractivity contribution < 1.29 is 34.3 Å². The fourth-order valence-corrected chi connectivity index (χ4v) is 4.50. The number of halogens is 1. The van der Waals surface area contributed by atoms with E-state index in [1.165, 1.54) is 22.4 Å². The molecular weight excluding hydrogens is 504 g/mol. The van der Waals surface area contributed by atoms with Crippen LogP contribution in [0.5, 0.6) is 23.1 Å². The summed E-state index contributed by atoms with van der Waals surface area (Å²) < 4.78 is 19.5. The lowest BCUT2D eigenvalue weighted by Gasteiger charge is -2.27. The number of nitrogens with zero attached hydrogens (tertiary/aromatic N) is 3. The average molecular weight is 535 g/mol. The fraction of sp³-hybridized carbons (Fsp3) is 0.440. The molecule has 2 aromatic heterocycles. The number of nitrogens with one attached hydrogen (secondary N) is 1. The normalized spacial score (nSPS) is 15.8. The first-order chi connectivity index (χ1) is 17.9. The predicted molar refractivity (Wildman–Crippen MR) is 135 cm³/mol. The highest BCUT2D eigenvalue weighted by atomic mass is 35.5. The molecule has 1 aliphatic rings. The molecule has 11 nitrogen and oxygen atoms in total. The minimum atomic E-state index is -0.960. The zero-order valence-electron chi connectivity index (χ0n) is 20.4. The number of anilines is 1. The summed E-state index contributed by atoms with van der Waals surface area (Å²) in [5, 5.41) is 36.8. The smallest absolute Gasteiger partial charge is 0.248 e. The molecule has 200 valence electrons. The van der Waals surface area contributed by atoms with Crippen molar-refractivity contribution in [1.82, 2.24) is 14.3 Å². The van der Waals surface area contributed by atoms with E-state index in [-0.39, 0.29) is 29.3 Å². The molecule has 1 amide bonds. The third kappa shape index (κ3) is 6.75. The first-order valence-electron chi connectivity index (χ1n) is 12.0. The summed E-state index contributed by atoms with van der Waals surface area (Å²) in [6, 6.07) is 7.38. The van der Waals surface area contributed by atoms with E-state index >= 15 is 0 Å². The summed E-state index contributed by atoms with van der Waals surface area (Å²) in [5.74, 6) is 1.11. The second-order valence-corrected chi connectivity index (χ2v) is 9.25. The molecule has 3 heterocycles. The van der Waals surface area contributed by atoms with Crippen molar-refractivity contribution in [1.29, 1.82) is 0 Å². The molecule has 0 bridgehead atoms. The highest BCUT2D eigenvalue weighted by Crippen LogP contribution is 2.39. The molecule has 3 aromatic rings. The van der Waals surface area contributed by atoms with Gasteiger partial charge in [-0.05, 0) is 37.3 Å². The van der Waals surface area contributed by atoms with Crippen LogP contribution in [0, 0.1) is 5.92 Å². The molecule has 0 spiro atoms. The van der Waals surface area contributed by atoms with Crippen LogP contribution in [0.1, 0.15) is 25.3 Å². The molecule has 0 saturated carbocycles. The number of aliphatic hydroxyl groups excluding tert-OH is 2. The van der Waals surface area contributed by atoms with Gasteiger partial charge in [0.25, 0.3) is 0 Å². The Hall–Kier alpha value is -3.25. The van der Waals surface area contributed by atoms with Crippen molar-refractivity contribution >= 4 is 23.3 Å². The van der Waals surface area contributed by atoms with E-state index < -0.39 is 18.8 Å². The van der Waals surface area contributed by atoms with Crippen LogP contribution < -0.4 is 14.8 Å². The number of carbonyl (C=O) groups is 1. The standard InChI is InChI=1S/C25H31ClN4O7/c1-35-20-3-2-4-21(24(20)26)37-18-12-23(33)30(14-18)19(11-16-6-9-36-10-7-16)25(34)27-22-5-8-29(28-22)13-17(32)15-31/h2-5,8,12,14,16-17,19,31-33H,6-7,9-11,13,15H2,1H3,(H,27,28,34)/t17-,19?/m1/s1. The van der Waals surface area contributed by atoms with E-state index in [1.54, 1.807) is 36.7 Å². The van der Waals surface area contributed by atoms with E-state index in [9.17, 15) is 15.0 Å². The van der Waals surface area contributed by atoms with Crippen LogP contribution in [-0.4, -0.2) is 68.6 Å². The van der Waals surface area contributed by atoms with Crippen molar-refractivity contribution in [3.05, 3.63) is 47.7 Å². The lowest BCUT2D eigenvalue weighted by atomic mass is 9.92. The maximum atomic E-state index is 13.4. The van der Waals surface area contributed by atoms with Crippen molar-refractivity contribution in [3.8, 4) is 23.1 Å². The summed E-state index contributed by atoms with van der Waals surface area (Å²) in [4.78, 5) is 13.4. The highest BCUT2D eigenvalue weighted by molar-refractivity contribution is 6.33. The molecule has 0 aliphatic carbocycles. The van der Waals surface area contributed by atoms with Gasteiger partial charge in [-0.1, -0.05) is 17.7 Å². The maximum Gasteiger partial charge on any atom is 0.248 e. The van der Waals surface area contributed by atoms with E-state index in [4.69, 9.17) is 30.9 Å². The van der Waals surface area contributed by atoms with Crippen molar-refractivity contribution in [3.63, 3.8) is 0 Å². The van der Waals surface area contributed by atoms with Crippen LogP contribution in [0.3, 0.4) is 0 Å². The molecule has 0 radical (unpaired) electrons. The largest absolute Gasteiger partial charge is 0.495 e. The second-order valence-electron chi connectivity index (χ2n) is 8.87. The third-order valence-corrected chi connectivity index (χ3v) is 6.59. The van der Waals surface area contributed by atoms with Gasteiger partial charge in [0.1, 0.15) is 28.3 Å². The predicted octanol–water partition coefficient (Wildman–Crippen LogP) is 3.19. The number of aromatic nitrogens is 3. The van der Waals surface area contributed by atoms with Crippen molar-refractivity contribution in [2.75, 3.05) is 32.2 Å². The summed E-state index contributed by atoms with van der Waals surface area (Å²) in [7, 11) is 1.50. The van der Waals surface area contributed by atoms with Crippen LogP contribution in [0.15, 0.2) is 42.7 Å². The van der Waals surface area contributed by atoms with Crippen LogP contribution in [-0.2, 0) is 16.1 Å². The van der Waals surface area contributed by atoms with E-state index in [2.05, 4.69) is 10.4 Å². The van der Waals surface area contributed by atoms with Gasteiger partial charge in [0.05, 0.1) is 32.6 Å². The number of methoxy groups -OCH3 is 1. The molecule has 2 atom stereocenters. The Kier molecular flexibility index (Phi) is 8.93. The van der Waals surface area contributed by atoms with Gasteiger partial charge >= 0.3 is 0 Å². The monoisotopic (exact) mass is 534 g/mol. The van der Waals surface area contributed by atoms with E-state index in [0.29, 0.717) is 42.7 Å². The molecule has 1 fully saturated rings. The van der Waals surface area contributed by atoms with Crippen molar-refractivity contribution in [2.45, 2.75) is 38.0 Å². The minimum absolute atomic E-state index is 0.0871. The summed E-state index contributed by atoms with van der Waals surface area (Å²) in [6.45, 7) is 0.935. The Balaban J connectivity index is 1.55. The lowest BCUT2D eigenvalue weighted by molar-refractivity contribution is -0.120. The number of carbonyl (C=O) groups excluding carboxylic acids is 1. The first kappa shape index (κ1) is 26.8. The number of hydrogen-bond acceptors (Lipinski definition) is 8. The molecule has 1 unspecified atom stereocenters. The Morgan fingerprint density at radius 2 is 2.05 bits per heavy atom. The number of benzene rings is 1. The van der Waals surface area contributed by atoms with Gasteiger partial charge in [0.2, 0.25) is 5.91 Å². The zero-order valence-corrected chi connectivity index (χ0v) is 21.2. The first-order valence-corrected chi connectivity index (χ1v) is 12.4. The summed E-state index contributed by atoms with van der Waals surface area (Å²) >= 11 is 6.35. The molecule has 37 heavy (non-hydrogen) atoms. The number of aliphatic hydroxyl groups is 2. The number of ether oxygens (including phenoxy) is 3. The van der Waals surface area contributed by atoms with Crippen LogP contribution >= 0.6 is 11.6 Å². The van der Waals surface area contributed by atoms with Crippen LogP contribution in [0.2, 0.25) is 5.02 Å². The van der Waals surface area contributed by atoms with E-state index in [0.717, 1.165) is 12.8 Å². The molecular formula is C25H31ClN4O7. The fourth-order valence-electron chi connectivity index (χ4n) is 4.26. The SMILES string of the molecule is COc1cccc(Oc2cc(O)n(C(CC3CCOCC3)C(=O)Nc3ccn(C[C@@H](O)CO)n3)c2)c1Cl.